The molecule has 1 fully saturated rings. The molecule has 0 bridgehead atoms. The van der Waals surface area contributed by atoms with Crippen LogP contribution in [0.3, 0.4) is 0 Å². The SMILES string of the molecule is CC(C)(Cc1ccccc1Cl)NC(=O)CN1C(=O)NC(C)(c2ccc(F)cc2)C1=O. The van der Waals surface area contributed by atoms with Crippen molar-refractivity contribution < 1.29 is 18.8 Å². The lowest BCUT2D eigenvalue weighted by atomic mass is 9.92. The first kappa shape index (κ1) is 21.8. The molecule has 0 saturated carbocycles. The Morgan fingerprint density at radius 1 is 1.17 bits per heavy atom. The number of carbonyl (C=O) groups excluding carboxylic acids is 3. The van der Waals surface area contributed by atoms with Crippen molar-refractivity contribution in [1.29, 1.82) is 0 Å². The summed E-state index contributed by atoms with van der Waals surface area (Å²) in [7, 11) is 0. The van der Waals surface area contributed by atoms with Gasteiger partial charge in [0.05, 0.1) is 0 Å². The molecule has 1 heterocycles. The number of carbonyl (C=O) groups is 3. The summed E-state index contributed by atoms with van der Waals surface area (Å²) < 4.78 is 13.2. The molecule has 1 unspecified atom stereocenters. The minimum atomic E-state index is -1.36. The highest BCUT2D eigenvalue weighted by Crippen LogP contribution is 2.29. The monoisotopic (exact) mass is 431 g/mol. The molecule has 2 N–H and O–H groups in total. The fourth-order valence-corrected chi connectivity index (χ4v) is 3.74. The van der Waals surface area contributed by atoms with Gasteiger partial charge in [0.1, 0.15) is 17.9 Å². The van der Waals surface area contributed by atoms with E-state index < -0.39 is 41.3 Å². The maximum atomic E-state index is 13.2. The number of hydrogen-bond acceptors (Lipinski definition) is 3. The predicted octanol–water partition coefficient (Wildman–Crippen LogP) is 3.38. The van der Waals surface area contributed by atoms with Gasteiger partial charge >= 0.3 is 6.03 Å². The van der Waals surface area contributed by atoms with Crippen LogP contribution in [0.4, 0.5) is 9.18 Å². The average molecular weight is 432 g/mol. The van der Waals surface area contributed by atoms with Crippen molar-refractivity contribution in [2.45, 2.75) is 38.3 Å². The van der Waals surface area contributed by atoms with Gasteiger partial charge in [0.25, 0.3) is 5.91 Å². The van der Waals surface area contributed by atoms with Crippen molar-refractivity contribution in [3.63, 3.8) is 0 Å². The number of rotatable bonds is 6. The molecule has 1 atom stereocenters. The summed E-state index contributed by atoms with van der Waals surface area (Å²) in [5.74, 6) is -1.49. The molecule has 1 aliphatic heterocycles. The molecule has 158 valence electrons. The fraction of sp³-hybridized carbons (Fsp3) is 0.318. The smallest absolute Gasteiger partial charge is 0.325 e. The number of urea groups is 1. The summed E-state index contributed by atoms with van der Waals surface area (Å²) in [6.45, 7) is 4.78. The maximum Gasteiger partial charge on any atom is 0.325 e. The van der Waals surface area contributed by atoms with Gasteiger partial charge < -0.3 is 10.6 Å². The van der Waals surface area contributed by atoms with Gasteiger partial charge in [-0.15, -0.1) is 0 Å². The Morgan fingerprint density at radius 2 is 1.80 bits per heavy atom. The Bertz CT molecular complexity index is 993. The van der Waals surface area contributed by atoms with Gasteiger partial charge in [-0.05, 0) is 56.5 Å². The van der Waals surface area contributed by atoms with E-state index >= 15 is 0 Å². The van der Waals surface area contributed by atoms with Crippen LogP contribution in [-0.2, 0) is 21.5 Å². The van der Waals surface area contributed by atoms with Crippen LogP contribution in [-0.4, -0.2) is 34.8 Å². The second-order valence-electron chi connectivity index (χ2n) is 8.15. The number of amides is 4. The van der Waals surface area contributed by atoms with Gasteiger partial charge in [0, 0.05) is 10.6 Å². The summed E-state index contributed by atoms with van der Waals surface area (Å²) in [5.41, 5.74) is -0.702. The van der Waals surface area contributed by atoms with Crippen molar-refractivity contribution >= 4 is 29.4 Å². The van der Waals surface area contributed by atoms with E-state index in [2.05, 4.69) is 10.6 Å². The molecule has 1 saturated heterocycles. The van der Waals surface area contributed by atoms with E-state index in [0.29, 0.717) is 17.0 Å². The lowest BCUT2D eigenvalue weighted by Crippen LogP contribution is -2.50. The quantitative estimate of drug-likeness (QED) is 0.688. The van der Waals surface area contributed by atoms with E-state index in [0.717, 1.165) is 10.5 Å². The van der Waals surface area contributed by atoms with E-state index in [1.54, 1.807) is 6.07 Å². The minimum Gasteiger partial charge on any atom is -0.349 e. The summed E-state index contributed by atoms with van der Waals surface area (Å²) in [6, 6.07) is 12.0. The maximum absolute atomic E-state index is 13.2. The van der Waals surface area contributed by atoms with Crippen LogP contribution < -0.4 is 10.6 Å². The lowest BCUT2D eigenvalue weighted by Gasteiger charge is -2.28. The summed E-state index contributed by atoms with van der Waals surface area (Å²) in [6.07, 6.45) is 0.478. The zero-order valence-electron chi connectivity index (χ0n) is 17.0. The topological polar surface area (TPSA) is 78.5 Å². The van der Waals surface area contributed by atoms with Crippen LogP contribution in [0.2, 0.25) is 5.02 Å². The van der Waals surface area contributed by atoms with Crippen molar-refractivity contribution in [2.75, 3.05) is 6.54 Å². The van der Waals surface area contributed by atoms with Crippen LogP contribution in [0.15, 0.2) is 48.5 Å². The fourth-order valence-electron chi connectivity index (χ4n) is 3.54. The molecular formula is C22H23ClFN3O3. The first-order valence-corrected chi connectivity index (χ1v) is 9.84. The zero-order valence-corrected chi connectivity index (χ0v) is 17.7. The molecule has 6 nitrogen and oxygen atoms in total. The summed E-state index contributed by atoms with van der Waals surface area (Å²) in [5, 5.41) is 6.05. The van der Waals surface area contributed by atoms with Gasteiger partial charge in [0.2, 0.25) is 5.91 Å². The van der Waals surface area contributed by atoms with E-state index in [1.807, 2.05) is 32.0 Å². The second-order valence-corrected chi connectivity index (χ2v) is 8.56. The molecule has 0 aliphatic carbocycles. The van der Waals surface area contributed by atoms with Crippen molar-refractivity contribution in [1.82, 2.24) is 15.5 Å². The van der Waals surface area contributed by atoms with Crippen LogP contribution in [0.5, 0.6) is 0 Å². The van der Waals surface area contributed by atoms with Gasteiger partial charge in [-0.1, -0.05) is 41.9 Å². The Kier molecular flexibility index (Phi) is 5.85. The van der Waals surface area contributed by atoms with Gasteiger partial charge in [-0.3, -0.25) is 14.5 Å². The third kappa shape index (κ3) is 4.46. The third-order valence-electron chi connectivity index (χ3n) is 5.07. The van der Waals surface area contributed by atoms with Gasteiger partial charge in [-0.2, -0.15) is 0 Å². The standard InChI is InChI=1S/C22H23ClFN3O3/c1-21(2,12-14-6-4-5-7-17(14)23)25-18(28)13-27-19(29)22(3,26-20(27)30)15-8-10-16(24)11-9-15/h4-11H,12-13H2,1-3H3,(H,25,28)(H,26,30). The molecular weight excluding hydrogens is 409 g/mol. The lowest BCUT2D eigenvalue weighted by molar-refractivity contribution is -0.135. The normalized spacial score (nSPS) is 19.0. The Morgan fingerprint density at radius 3 is 2.43 bits per heavy atom. The number of nitrogens with zero attached hydrogens (tertiary/aromatic N) is 1. The van der Waals surface area contributed by atoms with Crippen LogP contribution >= 0.6 is 11.6 Å². The highest BCUT2D eigenvalue weighted by Gasteiger charge is 2.49. The molecule has 2 aromatic carbocycles. The first-order valence-electron chi connectivity index (χ1n) is 9.46. The van der Waals surface area contributed by atoms with Crippen molar-refractivity contribution in [2.24, 2.45) is 0 Å². The number of benzene rings is 2. The third-order valence-corrected chi connectivity index (χ3v) is 5.44. The highest BCUT2D eigenvalue weighted by molar-refractivity contribution is 6.31. The molecule has 0 spiro atoms. The Labute approximate surface area is 179 Å². The number of hydrogen-bond donors (Lipinski definition) is 2. The summed E-state index contributed by atoms with van der Waals surface area (Å²) >= 11 is 6.20. The van der Waals surface area contributed by atoms with E-state index in [4.69, 9.17) is 11.6 Å². The number of halogens is 2. The van der Waals surface area contributed by atoms with Gasteiger partial charge in [0.15, 0.2) is 0 Å². The van der Waals surface area contributed by atoms with Crippen molar-refractivity contribution in [3.8, 4) is 0 Å². The number of nitrogens with one attached hydrogen (secondary N) is 2. The van der Waals surface area contributed by atoms with Gasteiger partial charge in [-0.25, -0.2) is 9.18 Å². The van der Waals surface area contributed by atoms with Crippen LogP contribution in [0.25, 0.3) is 0 Å². The zero-order chi connectivity index (χ0) is 22.1. The Hall–Kier alpha value is -2.93. The molecule has 8 heteroatoms. The van der Waals surface area contributed by atoms with E-state index in [-0.39, 0.29) is 0 Å². The molecule has 0 aromatic heterocycles. The first-order chi connectivity index (χ1) is 14.0. The van der Waals surface area contributed by atoms with E-state index in [1.165, 1.54) is 31.2 Å². The van der Waals surface area contributed by atoms with E-state index in [9.17, 15) is 18.8 Å². The minimum absolute atomic E-state index is 0.423. The molecule has 2 aromatic rings. The number of imide groups is 1. The second kappa shape index (κ2) is 8.07. The molecule has 4 amide bonds. The average Bonchev–Trinajstić information content (AvgIpc) is 2.87. The van der Waals surface area contributed by atoms with Crippen LogP contribution in [0, 0.1) is 5.82 Å². The Balaban J connectivity index is 1.69. The molecule has 1 aliphatic rings. The van der Waals surface area contributed by atoms with Crippen LogP contribution in [0.1, 0.15) is 31.9 Å². The highest BCUT2D eigenvalue weighted by atomic mass is 35.5. The predicted molar refractivity (Wildman–Crippen MR) is 111 cm³/mol. The largest absolute Gasteiger partial charge is 0.349 e. The molecule has 30 heavy (non-hydrogen) atoms. The summed E-state index contributed by atoms with van der Waals surface area (Å²) in [4.78, 5) is 38.8. The van der Waals surface area contributed by atoms with Crippen molar-refractivity contribution in [3.05, 3.63) is 70.5 Å². The molecule has 0 radical (unpaired) electrons. The molecule has 3 rings (SSSR count).